The molecule has 1 saturated heterocycles. The number of amides is 5. The molecule has 11 heteroatoms. The van der Waals surface area contributed by atoms with Crippen molar-refractivity contribution in [3.63, 3.8) is 0 Å². The molecule has 1 aromatic carbocycles. The van der Waals surface area contributed by atoms with Crippen LogP contribution in [0.2, 0.25) is 5.02 Å². The Balaban J connectivity index is 1.38. The van der Waals surface area contributed by atoms with E-state index in [1.54, 1.807) is 48.5 Å². The molecule has 3 aromatic rings. The number of carbonyl (C=O) groups is 4. The van der Waals surface area contributed by atoms with Crippen molar-refractivity contribution >= 4 is 52.4 Å². The van der Waals surface area contributed by atoms with E-state index >= 15 is 0 Å². The van der Waals surface area contributed by atoms with E-state index in [1.807, 2.05) is 5.38 Å². The van der Waals surface area contributed by atoms with E-state index in [2.05, 4.69) is 5.10 Å². The first kappa shape index (κ1) is 22.1. The number of furan rings is 1. The van der Waals surface area contributed by atoms with Crippen molar-refractivity contribution in [3.05, 3.63) is 81.4 Å². The molecule has 1 atom stereocenters. The van der Waals surface area contributed by atoms with Gasteiger partial charge in [0.1, 0.15) is 18.3 Å². The van der Waals surface area contributed by atoms with Crippen molar-refractivity contribution in [3.8, 4) is 0 Å². The predicted octanol–water partition coefficient (Wildman–Crippen LogP) is 3.66. The smallest absolute Gasteiger partial charge is 0.335 e. The van der Waals surface area contributed by atoms with Crippen LogP contribution >= 0.6 is 22.9 Å². The van der Waals surface area contributed by atoms with Crippen LogP contribution in [-0.4, -0.2) is 50.8 Å². The fourth-order valence-electron chi connectivity index (χ4n) is 3.85. The lowest BCUT2D eigenvalue weighted by molar-refractivity contribution is -0.145. The number of nitrogens with zero attached hydrogens (tertiary/aromatic N) is 4. The maximum absolute atomic E-state index is 13.2. The van der Waals surface area contributed by atoms with E-state index < -0.39 is 36.3 Å². The summed E-state index contributed by atoms with van der Waals surface area (Å²) in [6.07, 6.45) is 1.86. The summed E-state index contributed by atoms with van der Waals surface area (Å²) >= 11 is 7.34. The third-order valence-corrected chi connectivity index (χ3v) is 6.65. The van der Waals surface area contributed by atoms with Gasteiger partial charge in [0.05, 0.1) is 18.5 Å². The molecular formula is C23H17ClN4O5S. The Hall–Kier alpha value is -3.76. The zero-order chi connectivity index (χ0) is 23.8. The molecule has 0 N–H and O–H groups in total. The van der Waals surface area contributed by atoms with Crippen LogP contribution in [0.5, 0.6) is 0 Å². The highest BCUT2D eigenvalue weighted by molar-refractivity contribution is 7.09. The van der Waals surface area contributed by atoms with Crippen LogP contribution in [0.1, 0.15) is 28.7 Å². The van der Waals surface area contributed by atoms with Crippen molar-refractivity contribution in [1.82, 2.24) is 14.8 Å². The Labute approximate surface area is 202 Å². The zero-order valence-electron chi connectivity index (χ0n) is 17.6. The second-order valence-electron chi connectivity index (χ2n) is 7.67. The van der Waals surface area contributed by atoms with E-state index in [-0.39, 0.29) is 6.54 Å². The molecule has 1 fully saturated rings. The molecule has 5 amide bonds. The Morgan fingerprint density at radius 3 is 2.50 bits per heavy atom. The van der Waals surface area contributed by atoms with Crippen molar-refractivity contribution < 1.29 is 23.6 Å². The normalized spacial score (nSPS) is 18.3. The largest absolute Gasteiger partial charge is 0.467 e. The molecule has 0 radical (unpaired) electrons. The third kappa shape index (κ3) is 4.02. The van der Waals surface area contributed by atoms with E-state index in [9.17, 15) is 19.2 Å². The van der Waals surface area contributed by atoms with Crippen LogP contribution < -0.4 is 0 Å². The van der Waals surface area contributed by atoms with Gasteiger partial charge in [-0.2, -0.15) is 5.10 Å². The SMILES string of the molecule is O=C1C(=O)N(Cc2cccs2)C(=O)N1CC(=O)N1N=C(c2ccc(Cl)cc2)CC1c1ccco1. The van der Waals surface area contributed by atoms with Gasteiger partial charge in [0.15, 0.2) is 0 Å². The lowest BCUT2D eigenvalue weighted by Crippen LogP contribution is -2.41. The summed E-state index contributed by atoms with van der Waals surface area (Å²) in [6, 6.07) is 12.6. The molecule has 1 unspecified atom stereocenters. The van der Waals surface area contributed by atoms with E-state index in [0.717, 1.165) is 15.3 Å². The summed E-state index contributed by atoms with van der Waals surface area (Å²) < 4.78 is 5.51. The molecule has 0 saturated carbocycles. The first-order chi connectivity index (χ1) is 16.4. The Bertz CT molecular complexity index is 1290. The van der Waals surface area contributed by atoms with Crippen molar-refractivity contribution in [2.75, 3.05) is 6.54 Å². The number of urea groups is 1. The lowest BCUT2D eigenvalue weighted by atomic mass is 10.0. The summed E-state index contributed by atoms with van der Waals surface area (Å²) in [5, 5.41) is 8.05. The maximum atomic E-state index is 13.2. The molecule has 2 aromatic heterocycles. The first-order valence-electron chi connectivity index (χ1n) is 10.3. The highest BCUT2D eigenvalue weighted by Gasteiger charge is 2.46. The molecule has 9 nitrogen and oxygen atoms in total. The number of carbonyl (C=O) groups excluding carboxylic acids is 4. The van der Waals surface area contributed by atoms with Gasteiger partial charge in [-0.15, -0.1) is 11.3 Å². The number of benzene rings is 1. The van der Waals surface area contributed by atoms with Crippen molar-refractivity contribution in [1.29, 1.82) is 0 Å². The summed E-state index contributed by atoms with van der Waals surface area (Å²) in [4.78, 5) is 53.2. The topological polar surface area (TPSA) is 104 Å². The van der Waals surface area contributed by atoms with Gasteiger partial charge in [0, 0.05) is 16.3 Å². The van der Waals surface area contributed by atoms with Crippen molar-refractivity contribution in [2.45, 2.75) is 19.0 Å². The average Bonchev–Trinajstić information content (AvgIpc) is 3.62. The Morgan fingerprint density at radius 1 is 1.06 bits per heavy atom. The number of imide groups is 2. The summed E-state index contributed by atoms with van der Waals surface area (Å²) in [5.74, 6) is -2.10. The monoisotopic (exact) mass is 496 g/mol. The number of hydrazone groups is 1. The quantitative estimate of drug-likeness (QED) is 0.382. The summed E-state index contributed by atoms with van der Waals surface area (Å²) in [5.41, 5.74) is 1.41. The molecule has 2 aliphatic heterocycles. The van der Waals surface area contributed by atoms with E-state index in [0.29, 0.717) is 27.8 Å². The van der Waals surface area contributed by atoms with Gasteiger partial charge in [0.2, 0.25) is 0 Å². The van der Waals surface area contributed by atoms with Crippen LogP contribution in [0, 0.1) is 0 Å². The molecule has 4 heterocycles. The fraction of sp³-hybridized carbons (Fsp3) is 0.174. The first-order valence-corrected chi connectivity index (χ1v) is 11.6. The summed E-state index contributed by atoms with van der Waals surface area (Å²) in [6.45, 7) is -0.637. The van der Waals surface area contributed by atoms with E-state index in [4.69, 9.17) is 16.0 Å². The highest BCUT2D eigenvalue weighted by Crippen LogP contribution is 2.33. The molecule has 34 heavy (non-hydrogen) atoms. The van der Waals surface area contributed by atoms with Crippen LogP contribution in [-0.2, 0) is 20.9 Å². The number of hydrogen-bond acceptors (Lipinski definition) is 7. The number of thiophene rings is 1. The molecule has 0 bridgehead atoms. The van der Waals surface area contributed by atoms with Gasteiger partial charge < -0.3 is 4.42 Å². The summed E-state index contributed by atoms with van der Waals surface area (Å²) in [7, 11) is 0. The number of rotatable bonds is 6. The van der Waals surface area contributed by atoms with Crippen molar-refractivity contribution in [2.24, 2.45) is 5.10 Å². The van der Waals surface area contributed by atoms with Gasteiger partial charge in [0.25, 0.3) is 5.91 Å². The number of halogens is 1. The minimum atomic E-state index is -1.04. The standard InChI is InChI=1S/C23H17ClN4O5S/c24-15-7-5-14(6-8-15)17-11-18(19-4-1-9-33-19)28(25-17)20(29)13-27-22(31)21(30)26(23(27)32)12-16-3-2-10-34-16/h1-10,18H,11-13H2. The van der Waals surface area contributed by atoms with Gasteiger partial charge in [-0.25, -0.2) is 14.7 Å². The van der Waals surface area contributed by atoms with Gasteiger partial charge >= 0.3 is 17.8 Å². The molecule has 172 valence electrons. The third-order valence-electron chi connectivity index (χ3n) is 5.54. The lowest BCUT2D eigenvalue weighted by Gasteiger charge is -2.22. The van der Waals surface area contributed by atoms with Gasteiger partial charge in [-0.1, -0.05) is 29.8 Å². The Morgan fingerprint density at radius 2 is 1.82 bits per heavy atom. The highest BCUT2D eigenvalue weighted by atomic mass is 35.5. The minimum absolute atomic E-state index is 0.0244. The minimum Gasteiger partial charge on any atom is -0.467 e. The zero-order valence-corrected chi connectivity index (χ0v) is 19.2. The molecular weight excluding hydrogens is 480 g/mol. The van der Waals surface area contributed by atoms with Gasteiger partial charge in [-0.3, -0.25) is 19.3 Å². The fourth-order valence-corrected chi connectivity index (χ4v) is 4.67. The predicted molar refractivity (Wildman–Crippen MR) is 123 cm³/mol. The Kier molecular flexibility index (Phi) is 5.76. The molecule has 2 aliphatic rings. The molecule has 0 spiro atoms. The van der Waals surface area contributed by atoms with Crippen LogP contribution in [0.4, 0.5) is 4.79 Å². The van der Waals surface area contributed by atoms with Crippen LogP contribution in [0.15, 0.2) is 69.7 Å². The second-order valence-corrected chi connectivity index (χ2v) is 9.14. The van der Waals surface area contributed by atoms with Crippen LogP contribution in [0.25, 0.3) is 0 Å². The van der Waals surface area contributed by atoms with E-state index in [1.165, 1.54) is 22.6 Å². The molecule has 5 rings (SSSR count). The molecule has 0 aliphatic carbocycles. The van der Waals surface area contributed by atoms with Gasteiger partial charge in [-0.05, 0) is 41.3 Å². The maximum Gasteiger partial charge on any atom is 0.335 e. The second kappa shape index (κ2) is 8.88. The number of hydrogen-bond donors (Lipinski definition) is 0. The van der Waals surface area contributed by atoms with Crippen LogP contribution in [0.3, 0.4) is 0 Å². The average molecular weight is 497 g/mol.